The van der Waals surface area contributed by atoms with Crippen molar-refractivity contribution >= 4 is 43.5 Å². The van der Waals surface area contributed by atoms with E-state index in [1.807, 2.05) is 11.8 Å². The van der Waals surface area contributed by atoms with Gasteiger partial charge in [0.05, 0.1) is 8.65 Å². The van der Waals surface area contributed by atoms with E-state index in [0.717, 1.165) is 30.5 Å². The van der Waals surface area contributed by atoms with E-state index in [0.29, 0.717) is 0 Å². The Balaban J connectivity index is 2.00. The maximum atomic E-state index is 13.4. The number of anilines is 1. The van der Waals surface area contributed by atoms with Gasteiger partial charge in [-0.15, -0.1) is 0 Å². The molecule has 0 bridgehead atoms. The minimum Gasteiger partial charge on any atom is -0.309 e. The van der Waals surface area contributed by atoms with Crippen molar-refractivity contribution in [1.82, 2.24) is 0 Å². The first-order chi connectivity index (χ1) is 9.26. The van der Waals surface area contributed by atoms with Gasteiger partial charge in [-0.25, -0.2) is 4.39 Å². The van der Waals surface area contributed by atoms with E-state index >= 15 is 0 Å². The number of carbonyl (C=O) groups is 1. The van der Waals surface area contributed by atoms with Crippen molar-refractivity contribution < 1.29 is 9.18 Å². The maximum absolute atomic E-state index is 13.4. The molecular weight excluding hydrogens is 389 g/mol. The van der Waals surface area contributed by atoms with Crippen LogP contribution in [-0.2, 0) is 11.2 Å². The van der Waals surface area contributed by atoms with Crippen LogP contribution in [0.1, 0.15) is 32.3 Å². The third-order valence-corrected chi connectivity index (χ3v) is 6.83. The first-order valence-electron chi connectivity index (χ1n) is 6.76. The number of fused-ring (bicyclic) bond motifs is 1. The molecule has 108 valence electrons. The number of alkyl halides is 2. The summed E-state index contributed by atoms with van der Waals surface area (Å²) in [7, 11) is 0. The highest BCUT2D eigenvalue weighted by molar-refractivity contribution is 9.25. The molecule has 2 aliphatic rings. The number of amides is 1. The Kier molecular flexibility index (Phi) is 3.29. The van der Waals surface area contributed by atoms with Crippen molar-refractivity contribution in [2.75, 3.05) is 4.90 Å². The SMILES string of the molecule is C[C@@H]1CCc2cc(F)ccc2N1C(=O)[C@@]1(C)CC1(Br)Br. The topological polar surface area (TPSA) is 20.3 Å². The molecule has 1 heterocycles. The van der Waals surface area contributed by atoms with Gasteiger partial charge in [0, 0.05) is 11.7 Å². The molecule has 20 heavy (non-hydrogen) atoms. The molecular formula is C15H16Br2FNO. The van der Waals surface area contributed by atoms with E-state index in [4.69, 9.17) is 0 Å². The van der Waals surface area contributed by atoms with Crippen LogP contribution in [-0.4, -0.2) is 15.2 Å². The minimum absolute atomic E-state index is 0.103. The second-order valence-electron chi connectivity index (χ2n) is 6.05. The van der Waals surface area contributed by atoms with Crippen LogP contribution in [0.3, 0.4) is 0 Å². The summed E-state index contributed by atoms with van der Waals surface area (Å²) in [6, 6.07) is 4.86. The van der Waals surface area contributed by atoms with Gasteiger partial charge in [-0.05, 0) is 56.9 Å². The fourth-order valence-corrected chi connectivity index (χ4v) is 4.39. The van der Waals surface area contributed by atoms with Gasteiger partial charge < -0.3 is 4.90 Å². The molecule has 1 amide bonds. The Morgan fingerprint density at radius 2 is 2.10 bits per heavy atom. The van der Waals surface area contributed by atoms with Gasteiger partial charge in [0.25, 0.3) is 0 Å². The summed E-state index contributed by atoms with van der Waals surface area (Å²) in [5, 5.41) is 0. The number of nitrogens with zero attached hydrogens (tertiary/aromatic N) is 1. The molecule has 2 nitrogen and oxygen atoms in total. The zero-order valence-corrected chi connectivity index (χ0v) is 14.6. The average Bonchev–Trinajstić information content (AvgIpc) is 2.89. The summed E-state index contributed by atoms with van der Waals surface area (Å²) < 4.78 is 13.1. The normalized spacial score (nSPS) is 30.9. The third kappa shape index (κ3) is 2.05. The van der Waals surface area contributed by atoms with Crippen LogP contribution >= 0.6 is 31.9 Å². The summed E-state index contributed by atoms with van der Waals surface area (Å²) in [5.41, 5.74) is 1.35. The number of hydrogen-bond donors (Lipinski definition) is 0. The number of aryl methyl sites for hydroxylation is 1. The lowest BCUT2D eigenvalue weighted by molar-refractivity contribution is -0.123. The predicted molar refractivity (Wildman–Crippen MR) is 85.0 cm³/mol. The van der Waals surface area contributed by atoms with Crippen molar-refractivity contribution in [1.29, 1.82) is 0 Å². The molecule has 0 aromatic heterocycles. The van der Waals surface area contributed by atoms with Crippen LogP contribution in [0.5, 0.6) is 0 Å². The number of halogens is 3. The van der Waals surface area contributed by atoms with Crippen molar-refractivity contribution in [2.45, 2.75) is 42.4 Å². The van der Waals surface area contributed by atoms with Crippen molar-refractivity contribution in [3.63, 3.8) is 0 Å². The van der Waals surface area contributed by atoms with E-state index in [-0.39, 0.29) is 21.0 Å². The zero-order valence-electron chi connectivity index (χ0n) is 11.4. The Morgan fingerprint density at radius 3 is 2.70 bits per heavy atom. The first-order valence-corrected chi connectivity index (χ1v) is 8.35. The Morgan fingerprint density at radius 1 is 1.45 bits per heavy atom. The van der Waals surface area contributed by atoms with Crippen molar-refractivity contribution in [3.8, 4) is 0 Å². The minimum atomic E-state index is -0.440. The molecule has 1 aromatic carbocycles. The second kappa shape index (κ2) is 4.54. The quantitative estimate of drug-likeness (QED) is 0.635. The number of carbonyl (C=O) groups excluding carboxylic acids is 1. The van der Waals surface area contributed by atoms with Gasteiger partial charge in [0.2, 0.25) is 5.91 Å². The van der Waals surface area contributed by atoms with Crippen molar-refractivity contribution in [3.05, 3.63) is 29.6 Å². The van der Waals surface area contributed by atoms with Gasteiger partial charge in [-0.1, -0.05) is 31.9 Å². The highest BCUT2D eigenvalue weighted by atomic mass is 79.9. The zero-order chi connectivity index (χ0) is 14.7. The fourth-order valence-electron chi connectivity index (χ4n) is 2.93. The highest BCUT2D eigenvalue weighted by Crippen LogP contribution is 2.67. The lowest BCUT2D eigenvalue weighted by Crippen LogP contribution is -2.46. The fraction of sp³-hybridized carbons (Fsp3) is 0.533. The molecule has 0 N–H and O–H groups in total. The lowest BCUT2D eigenvalue weighted by atomic mass is 9.94. The van der Waals surface area contributed by atoms with Gasteiger partial charge in [0.15, 0.2) is 0 Å². The third-order valence-electron chi connectivity index (χ3n) is 4.52. The molecule has 1 fully saturated rings. The molecule has 0 spiro atoms. The van der Waals surface area contributed by atoms with Crippen LogP contribution in [0, 0.1) is 11.2 Å². The molecule has 2 atom stereocenters. The van der Waals surface area contributed by atoms with Crippen LogP contribution in [0.4, 0.5) is 10.1 Å². The van der Waals surface area contributed by atoms with Gasteiger partial charge in [-0.3, -0.25) is 4.79 Å². The smallest absolute Gasteiger partial charge is 0.235 e. The van der Waals surface area contributed by atoms with E-state index < -0.39 is 5.41 Å². The molecule has 1 aromatic rings. The number of hydrogen-bond acceptors (Lipinski definition) is 1. The summed E-state index contributed by atoms with van der Waals surface area (Å²) in [6.07, 6.45) is 2.46. The largest absolute Gasteiger partial charge is 0.309 e. The van der Waals surface area contributed by atoms with Gasteiger partial charge in [0.1, 0.15) is 5.82 Å². The summed E-state index contributed by atoms with van der Waals surface area (Å²) in [6.45, 7) is 4.02. The predicted octanol–water partition coefficient (Wildman–Crippen LogP) is 4.39. The van der Waals surface area contributed by atoms with Crippen LogP contribution < -0.4 is 4.90 Å². The summed E-state index contributed by atoms with van der Waals surface area (Å²) in [5.74, 6) is -0.134. The summed E-state index contributed by atoms with van der Waals surface area (Å²) in [4.78, 5) is 14.8. The first kappa shape index (κ1) is 14.5. The Hall–Kier alpha value is -0.420. The Labute approximate surface area is 135 Å². The molecule has 1 aliphatic carbocycles. The summed E-state index contributed by atoms with van der Waals surface area (Å²) >= 11 is 7.11. The number of benzene rings is 1. The van der Waals surface area contributed by atoms with Crippen LogP contribution in [0.2, 0.25) is 0 Å². The van der Waals surface area contributed by atoms with E-state index in [9.17, 15) is 9.18 Å². The van der Waals surface area contributed by atoms with Crippen LogP contribution in [0.15, 0.2) is 18.2 Å². The Bertz CT molecular complexity index is 589. The van der Waals surface area contributed by atoms with Crippen molar-refractivity contribution in [2.24, 2.45) is 5.41 Å². The molecule has 0 unspecified atom stereocenters. The molecule has 1 saturated carbocycles. The molecule has 3 rings (SSSR count). The van der Waals surface area contributed by atoms with Crippen LogP contribution in [0.25, 0.3) is 0 Å². The molecule has 0 saturated heterocycles. The average molecular weight is 405 g/mol. The molecule has 1 aliphatic heterocycles. The van der Waals surface area contributed by atoms with Gasteiger partial charge >= 0.3 is 0 Å². The highest BCUT2D eigenvalue weighted by Gasteiger charge is 2.68. The standard InChI is InChI=1S/C15H16Br2FNO/c1-9-3-4-10-7-11(18)5-6-12(10)19(9)13(20)14(2)8-15(14,16)17/h5-7,9H,3-4,8H2,1-2H3/t9-,14-/m1/s1. The molecule has 5 heteroatoms. The second-order valence-corrected chi connectivity index (χ2v) is 9.82. The van der Waals surface area contributed by atoms with E-state index in [1.54, 1.807) is 12.1 Å². The lowest BCUT2D eigenvalue weighted by Gasteiger charge is -2.37. The van der Waals surface area contributed by atoms with Gasteiger partial charge in [-0.2, -0.15) is 0 Å². The van der Waals surface area contributed by atoms with E-state index in [2.05, 4.69) is 38.8 Å². The van der Waals surface area contributed by atoms with E-state index in [1.165, 1.54) is 6.07 Å². The maximum Gasteiger partial charge on any atom is 0.235 e. The number of rotatable bonds is 1. The monoisotopic (exact) mass is 403 g/mol. The molecule has 0 radical (unpaired) electrons.